The highest BCUT2D eigenvalue weighted by atomic mass is 35.5. The predicted molar refractivity (Wildman–Crippen MR) is 196 cm³/mol. The molecular weight excluding hydrogens is 676 g/mol. The Kier molecular flexibility index (Phi) is 17.0. The Bertz CT molecular complexity index is 1450. The molecule has 4 rings (SSSR count). The SMILES string of the molecule is COc1ccc2cc1OCC(=O)NCCCC(NC(=O)[C@@H]1CCCNC1)C(=O)N[C@@H](Cc1ccccc1)C(=O)N[C@H](C(C)C)C(=O)NCCC2.Cl. The number of rotatable bonds is 6. The summed E-state index contributed by atoms with van der Waals surface area (Å²) in [5.41, 5.74) is 1.77. The van der Waals surface area contributed by atoms with Crippen LogP contribution in [0.1, 0.15) is 57.1 Å². The number of aryl methyl sites for hydroxylation is 1. The van der Waals surface area contributed by atoms with Gasteiger partial charge in [0.15, 0.2) is 18.1 Å². The average molecular weight is 729 g/mol. The molecule has 14 heteroatoms. The zero-order valence-corrected chi connectivity index (χ0v) is 30.6. The largest absolute Gasteiger partial charge is 0.493 e. The Labute approximate surface area is 306 Å². The molecule has 13 nitrogen and oxygen atoms in total. The lowest BCUT2D eigenvalue weighted by Gasteiger charge is -2.28. The van der Waals surface area contributed by atoms with Crippen LogP contribution < -0.4 is 41.4 Å². The van der Waals surface area contributed by atoms with E-state index in [1.165, 1.54) is 7.11 Å². The number of carbonyl (C=O) groups is 5. The highest BCUT2D eigenvalue weighted by Crippen LogP contribution is 2.28. The van der Waals surface area contributed by atoms with E-state index < -0.39 is 29.9 Å². The molecule has 4 atom stereocenters. The summed E-state index contributed by atoms with van der Waals surface area (Å²) < 4.78 is 11.2. The van der Waals surface area contributed by atoms with Crippen molar-refractivity contribution in [2.75, 3.05) is 39.9 Å². The number of ether oxygens (including phenoxy) is 2. The maximum atomic E-state index is 13.9. The molecule has 0 spiro atoms. The van der Waals surface area contributed by atoms with Gasteiger partial charge in [-0.3, -0.25) is 24.0 Å². The number of halogens is 1. The Morgan fingerprint density at radius 1 is 0.902 bits per heavy atom. The molecule has 6 N–H and O–H groups in total. The van der Waals surface area contributed by atoms with Gasteiger partial charge in [-0.15, -0.1) is 12.4 Å². The van der Waals surface area contributed by atoms with E-state index in [0.717, 1.165) is 24.1 Å². The third kappa shape index (κ3) is 13.0. The maximum Gasteiger partial charge on any atom is 0.257 e. The van der Waals surface area contributed by atoms with Crippen molar-refractivity contribution < 1.29 is 33.4 Å². The second-order valence-electron chi connectivity index (χ2n) is 13.2. The zero-order chi connectivity index (χ0) is 35.9. The summed E-state index contributed by atoms with van der Waals surface area (Å²) in [6.07, 6.45) is 3.57. The zero-order valence-electron chi connectivity index (χ0n) is 29.8. The number of nitrogens with one attached hydrogen (secondary N) is 6. The van der Waals surface area contributed by atoms with Crippen LogP contribution in [0, 0.1) is 11.8 Å². The number of fused-ring (bicyclic) bond motifs is 2. The molecule has 0 aliphatic carbocycles. The Hall–Kier alpha value is -4.36. The summed E-state index contributed by atoms with van der Waals surface area (Å²) in [5.74, 6) is -1.54. The molecule has 0 saturated carbocycles. The van der Waals surface area contributed by atoms with Crippen molar-refractivity contribution in [3.05, 3.63) is 59.7 Å². The molecular formula is C37H53ClN6O7. The van der Waals surface area contributed by atoms with Crippen molar-refractivity contribution >= 4 is 41.9 Å². The molecule has 1 saturated heterocycles. The molecule has 5 amide bonds. The lowest BCUT2D eigenvalue weighted by atomic mass is 9.97. The van der Waals surface area contributed by atoms with E-state index in [1.54, 1.807) is 6.07 Å². The van der Waals surface area contributed by atoms with Gasteiger partial charge in [-0.1, -0.05) is 50.2 Å². The number of benzene rings is 2. The summed E-state index contributed by atoms with van der Waals surface area (Å²) >= 11 is 0. The molecule has 2 aromatic rings. The van der Waals surface area contributed by atoms with Crippen molar-refractivity contribution in [3.63, 3.8) is 0 Å². The molecule has 2 aliphatic heterocycles. The van der Waals surface area contributed by atoms with E-state index in [1.807, 2.05) is 56.3 Å². The molecule has 2 aromatic carbocycles. The van der Waals surface area contributed by atoms with Gasteiger partial charge in [-0.25, -0.2) is 0 Å². The first-order valence-corrected chi connectivity index (χ1v) is 17.6. The van der Waals surface area contributed by atoms with Crippen LogP contribution in [0.25, 0.3) is 0 Å². The number of methoxy groups -OCH3 is 1. The number of hydrogen-bond donors (Lipinski definition) is 6. The number of hydrogen-bond acceptors (Lipinski definition) is 8. The van der Waals surface area contributed by atoms with Gasteiger partial charge in [0.05, 0.1) is 13.0 Å². The lowest BCUT2D eigenvalue weighted by molar-refractivity contribution is -0.135. The summed E-state index contributed by atoms with van der Waals surface area (Å²) in [4.78, 5) is 67.1. The van der Waals surface area contributed by atoms with Gasteiger partial charge in [0, 0.05) is 26.1 Å². The molecule has 51 heavy (non-hydrogen) atoms. The minimum atomic E-state index is -1.02. The monoisotopic (exact) mass is 728 g/mol. The number of carbonyl (C=O) groups excluding carboxylic acids is 5. The summed E-state index contributed by atoms with van der Waals surface area (Å²) in [5, 5.41) is 17.7. The smallest absolute Gasteiger partial charge is 0.257 e. The van der Waals surface area contributed by atoms with Crippen LogP contribution >= 0.6 is 12.4 Å². The van der Waals surface area contributed by atoms with Gasteiger partial charge < -0.3 is 41.4 Å². The first kappa shape index (κ1) is 41.1. The van der Waals surface area contributed by atoms with Crippen LogP contribution in [0.15, 0.2) is 48.5 Å². The molecule has 2 aliphatic rings. The third-order valence-electron chi connectivity index (χ3n) is 8.98. The van der Waals surface area contributed by atoms with E-state index in [4.69, 9.17) is 9.47 Å². The van der Waals surface area contributed by atoms with Crippen molar-refractivity contribution in [1.82, 2.24) is 31.9 Å². The molecule has 1 fully saturated rings. The molecule has 0 radical (unpaired) electrons. The van der Waals surface area contributed by atoms with Crippen molar-refractivity contribution in [3.8, 4) is 11.5 Å². The Morgan fingerprint density at radius 2 is 1.65 bits per heavy atom. The third-order valence-corrected chi connectivity index (χ3v) is 8.98. The van der Waals surface area contributed by atoms with Crippen molar-refractivity contribution in [2.45, 2.75) is 76.9 Å². The molecule has 0 aromatic heterocycles. The van der Waals surface area contributed by atoms with Gasteiger partial charge in [0.1, 0.15) is 18.1 Å². The second-order valence-corrected chi connectivity index (χ2v) is 13.2. The van der Waals surface area contributed by atoms with Gasteiger partial charge in [0.2, 0.25) is 23.6 Å². The Balaban J connectivity index is 0.00000702. The van der Waals surface area contributed by atoms with E-state index >= 15 is 0 Å². The lowest BCUT2D eigenvalue weighted by Crippen LogP contribution is -2.58. The first-order valence-electron chi connectivity index (χ1n) is 17.6. The summed E-state index contributed by atoms with van der Waals surface area (Å²) in [6.45, 7) is 5.42. The number of amides is 5. The van der Waals surface area contributed by atoms with Crippen LogP contribution in [0.4, 0.5) is 0 Å². The van der Waals surface area contributed by atoms with E-state index in [-0.39, 0.29) is 68.0 Å². The highest BCUT2D eigenvalue weighted by molar-refractivity contribution is 5.94. The van der Waals surface area contributed by atoms with E-state index in [9.17, 15) is 24.0 Å². The fourth-order valence-electron chi connectivity index (χ4n) is 6.09. The first-order chi connectivity index (χ1) is 24.1. The quantitative estimate of drug-likeness (QED) is 0.261. The Morgan fingerprint density at radius 3 is 2.35 bits per heavy atom. The molecule has 280 valence electrons. The fraction of sp³-hybridized carbons (Fsp3) is 0.541. The maximum absolute atomic E-state index is 13.9. The average Bonchev–Trinajstić information content (AvgIpc) is 3.12. The van der Waals surface area contributed by atoms with Crippen LogP contribution in [0.3, 0.4) is 0 Å². The summed E-state index contributed by atoms with van der Waals surface area (Å²) in [7, 11) is 1.52. The van der Waals surface area contributed by atoms with Crippen LogP contribution in [0.2, 0.25) is 0 Å². The van der Waals surface area contributed by atoms with Gasteiger partial charge >= 0.3 is 0 Å². The second kappa shape index (κ2) is 21.1. The van der Waals surface area contributed by atoms with Gasteiger partial charge in [-0.05, 0) is 74.2 Å². The molecule has 2 heterocycles. The van der Waals surface area contributed by atoms with Crippen LogP contribution in [-0.4, -0.2) is 87.6 Å². The van der Waals surface area contributed by atoms with Crippen LogP contribution in [0.5, 0.6) is 11.5 Å². The summed E-state index contributed by atoms with van der Waals surface area (Å²) in [6, 6.07) is 12.0. The normalized spacial score (nSPS) is 23.0. The molecule has 2 bridgehead atoms. The topological polar surface area (TPSA) is 176 Å². The minimum absolute atomic E-state index is 0. The predicted octanol–water partition coefficient (Wildman–Crippen LogP) is 1.81. The van der Waals surface area contributed by atoms with E-state index in [0.29, 0.717) is 50.3 Å². The number of piperidine rings is 1. The fourth-order valence-corrected chi connectivity index (χ4v) is 6.09. The standard InChI is InChI=1S/C37H52N6O7.ClH/c1-24(2)33-37(48)40-19-7-12-26-15-16-30(49-3)31(21-26)50-23-32(44)39-18-9-14-28(41-34(45)27-13-8-17-38-22-27)35(46)42-29(36(47)43-33)20-25-10-5-4-6-11-25;/h4-6,10-11,15-16,21,24,27-29,33,38H,7-9,12-14,17-20,22-23H2,1-3H3,(H,39,44)(H,40,48)(H,41,45)(H,42,46)(H,43,47);1H/t27-,28?,29+,33-;/m1./s1. The van der Waals surface area contributed by atoms with Gasteiger partial charge in [0.25, 0.3) is 5.91 Å². The van der Waals surface area contributed by atoms with Crippen LogP contribution in [-0.2, 0) is 36.8 Å². The minimum Gasteiger partial charge on any atom is -0.493 e. The van der Waals surface area contributed by atoms with Gasteiger partial charge in [-0.2, -0.15) is 0 Å². The molecule has 1 unspecified atom stereocenters. The highest BCUT2D eigenvalue weighted by Gasteiger charge is 2.32. The van der Waals surface area contributed by atoms with Crippen molar-refractivity contribution in [2.24, 2.45) is 11.8 Å². The van der Waals surface area contributed by atoms with E-state index in [2.05, 4.69) is 31.9 Å². The van der Waals surface area contributed by atoms with Crippen molar-refractivity contribution in [1.29, 1.82) is 0 Å².